The molecule has 0 amide bonds. The monoisotopic (exact) mass is 243 g/mol. The van der Waals surface area contributed by atoms with Crippen LogP contribution in [-0.4, -0.2) is 21.6 Å². The molecular weight excluding hydrogens is 226 g/mol. The highest BCUT2D eigenvalue weighted by molar-refractivity contribution is 5.52. The standard InChI is InChI=1S/C14H17N3O/c1-2-17(10-12-3-6-15-7-4-12)14-5-8-16-9-13(14)11-18/h3-9,18H,2,10-11H2,1H3. The lowest BCUT2D eigenvalue weighted by molar-refractivity contribution is 0.281. The number of pyridine rings is 2. The lowest BCUT2D eigenvalue weighted by Gasteiger charge is -2.25. The van der Waals surface area contributed by atoms with Gasteiger partial charge in [0.25, 0.3) is 0 Å². The second-order valence-electron chi connectivity index (χ2n) is 4.03. The van der Waals surface area contributed by atoms with E-state index in [1.54, 1.807) is 24.8 Å². The van der Waals surface area contributed by atoms with E-state index in [1.165, 1.54) is 5.56 Å². The Kier molecular flexibility index (Phi) is 4.25. The van der Waals surface area contributed by atoms with Gasteiger partial charge in [-0.15, -0.1) is 0 Å². The molecule has 4 heteroatoms. The van der Waals surface area contributed by atoms with Crippen LogP contribution in [0.4, 0.5) is 5.69 Å². The number of aliphatic hydroxyl groups is 1. The molecule has 0 spiro atoms. The number of aromatic nitrogens is 2. The number of nitrogens with zero attached hydrogens (tertiary/aromatic N) is 3. The predicted octanol–water partition coefficient (Wildman–Crippen LogP) is 2.00. The van der Waals surface area contributed by atoms with Gasteiger partial charge in [-0.2, -0.15) is 0 Å². The van der Waals surface area contributed by atoms with E-state index < -0.39 is 0 Å². The highest BCUT2D eigenvalue weighted by Gasteiger charge is 2.09. The zero-order valence-electron chi connectivity index (χ0n) is 10.5. The van der Waals surface area contributed by atoms with Crippen LogP contribution in [0.5, 0.6) is 0 Å². The first-order chi connectivity index (χ1) is 8.85. The maximum Gasteiger partial charge on any atom is 0.0717 e. The van der Waals surface area contributed by atoms with Crippen LogP contribution >= 0.6 is 0 Å². The molecule has 0 radical (unpaired) electrons. The highest BCUT2D eigenvalue weighted by atomic mass is 16.3. The second-order valence-corrected chi connectivity index (χ2v) is 4.03. The van der Waals surface area contributed by atoms with E-state index in [0.717, 1.165) is 24.3 Å². The van der Waals surface area contributed by atoms with Crippen molar-refractivity contribution >= 4 is 5.69 Å². The van der Waals surface area contributed by atoms with Crippen LogP contribution in [0.3, 0.4) is 0 Å². The van der Waals surface area contributed by atoms with Crippen molar-refractivity contribution in [2.75, 3.05) is 11.4 Å². The van der Waals surface area contributed by atoms with Gasteiger partial charge in [-0.05, 0) is 30.7 Å². The van der Waals surface area contributed by atoms with E-state index in [1.807, 2.05) is 18.2 Å². The Labute approximate surface area is 107 Å². The summed E-state index contributed by atoms with van der Waals surface area (Å²) in [4.78, 5) is 10.3. The Morgan fingerprint density at radius 3 is 2.50 bits per heavy atom. The number of aliphatic hydroxyl groups excluding tert-OH is 1. The minimum absolute atomic E-state index is 0.00994. The van der Waals surface area contributed by atoms with Gasteiger partial charge in [0.05, 0.1) is 6.61 Å². The summed E-state index contributed by atoms with van der Waals surface area (Å²) in [6.45, 7) is 3.79. The molecule has 0 atom stereocenters. The largest absolute Gasteiger partial charge is 0.392 e. The van der Waals surface area contributed by atoms with Crippen molar-refractivity contribution in [2.24, 2.45) is 0 Å². The number of anilines is 1. The van der Waals surface area contributed by atoms with Crippen LogP contribution in [0.1, 0.15) is 18.1 Å². The van der Waals surface area contributed by atoms with Crippen LogP contribution < -0.4 is 4.90 Å². The third-order valence-corrected chi connectivity index (χ3v) is 2.89. The summed E-state index contributed by atoms with van der Waals surface area (Å²) in [6, 6.07) is 5.95. The molecule has 2 aromatic rings. The Morgan fingerprint density at radius 2 is 1.83 bits per heavy atom. The lowest BCUT2D eigenvalue weighted by atomic mass is 10.2. The van der Waals surface area contributed by atoms with Gasteiger partial charge in [-0.1, -0.05) is 0 Å². The molecule has 2 heterocycles. The van der Waals surface area contributed by atoms with Crippen molar-refractivity contribution in [3.8, 4) is 0 Å². The molecule has 0 fully saturated rings. The predicted molar refractivity (Wildman–Crippen MR) is 71.1 cm³/mol. The first kappa shape index (κ1) is 12.5. The lowest BCUT2D eigenvalue weighted by Crippen LogP contribution is -2.23. The van der Waals surface area contributed by atoms with Gasteiger partial charge >= 0.3 is 0 Å². The minimum Gasteiger partial charge on any atom is -0.392 e. The van der Waals surface area contributed by atoms with Crippen LogP contribution in [0.25, 0.3) is 0 Å². The van der Waals surface area contributed by atoms with E-state index in [-0.39, 0.29) is 6.61 Å². The SMILES string of the molecule is CCN(Cc1ccncc1)c1ccncc1CO. The molecule has 0 aliphatic heterocycles. The van der Waals surface area contributed by atoms with Crippen LogP contribution in [0, 0.1) is 0 Å². The maximum atomic E-state index is 9.35. The van der Waals surface area contributed by atoms with Gasteiger partial charge in [0.2, 0.25) is 0 Å². The average Bonchev–Trinajstić information content (AvgIpc) is 2.46. The minimum atomic E-state index is 0.00994. The summed E-state index contributed by atoms with van der Waals surface area (Å²) in [5.41, 5.74) is 3.09. The van der Waals surface area contributed by atoms with E-state index >= 15 is 0 Å². The molecule has 94 valence electrons. The van der Waals surface area contributed by atoms with Gasteiger partial charge in [0, 0.05) is 49.1 Å². The summed E-state index contributed by atoms with van der Waals surface area (Å²) in [7, 11) is 0. The van der Waals surface area contributed by atoms with E-state index in [4.69, 9.17) is 0 Å². The Bertz CT molecular complexity index is 487. The van der Waals surface area contributed by atoms with Gasteiger partial charge in [0.1, 0.15) is 0 Å². The molecule has 0 aliphatic rings. The van der Waals surface area contributed by atoms with Crippen molar-refractivity contribution < 1.29 is 5.11 Å². The van der Waals surface area contributed by atoms with Gasteiger partial charge < -0.3 is 10.0 Å². The van der Waals surface area contributed by atoms with Gasteiger partial charge in [-0.3, -0.25) is 9.97 Å². The summed E-state index contributed by atoms with van der Waals surface area (Å²) in [5, 5.41) is 9.35. The van der Waals surface area contributed by atoms with Crippen molar-refractivity contribution in [1.29, 1.82) is 0 Å². The molecule has 4 nitrogen and oxygen atoms in total. The van der Waals surface area contributed by atoms with Crippen molar-refractivity contribution in [1.82, 2.24) is 9.97 Å². The van der Waals surface area contributed by atoms with Crippen molar-refractivity contribution in [3.05, 3.63) is 54.1 Å². The van der Waals surface area contributed by atoms with E-state index in [9.17, 15) is 5.11 Å². The average molecular weight is 243 g/mol. The van der Waals surface area contributed by atoms with Crippen LogP contribution in [-0.2, 0) is 13.2 Å². The van der Waals surface area contributed by atoms with Gasteiger partial charge in [0.15, 0.2) is 0 Å². The Balaban J connectivity index is 2.23. The van der Waals surface area contributed by atoms with Gasteiger partial charge in [-0.25, -0.2) is 0 Å². The number of hydrogen-bond donors (Lipinski definition) is 1. The molecule has 2 rings (SSSR count). The highest BCUT2D eigenvalue weighted by Crippen LogP contribution is 2.21. The number of rotatable bonds is 5. The summed E-state index contributed by atoms with van der Waals surface area (Å²) in [5.74, 6) is 0. The first-order valence-corrected chi connectivity index (χ1v) is 6.02. The molecule has 0 aliphatic carbocycles. The molecular formula is C14H17N3O. The van der Waals surface area contributed by atoms with E-state index in [2.05, 4.69) is 21.8 Å². The molecule has 0 saturated heterocycles. The van der Waals surface area contributed by atoms with Crippen molar-refractivity contribution in [3.63, 3.8) is 0 Å². The second kappa shape index (κ2) is 6.12. The molecule has 0 aromatic carbocycles. The molecule has 1 N–H and O–H groups in total. The Hall–Kier alpha value is -1.94. The third kappa shape index (κ3) is 2.84. The van der Waals surface area contributed by atoms with Crippen molar-refractivity contribution in [2.45, 2.75) is 20.1 Å². The maximum absolute atomic E-state index is 9.35. The Morgan fingerprint density at radius 1 is 1.11 bits per heavy atom. The molecule has 0 unspecified atom stereocenters. The summed E-state index contributed by atoms with van der Waals surface area (Å²) >= 11 is 0. The smallest absolute Gasteiger partial charge is 0.0717 e. The van der Waals surface area contributed by atoms with E-state index in [0.29, 0.717) is 0 Å². The fraction of sp³-hybridized carbons (Fsp3) is 0.286. The fourth-order valence-corrected chi connectivity index (χ4v) is 1.93. The third-order valence-electron chi connectivity index (χ3n) is 2.89. The first-order valence-electron chi connectivity index (χ1n) is 6.02. The quantitative estimate of drug-likeness (QED) is 0.872. The normalized spacial score (nSPS) is 10.3. The molecule has 0 bridgehead atoms. The topological polar surface area (TPSA) is 49.2 Å². The zero-order valence-corrected chi connectivity index (χ0v) is 10.5. The summed E-state index contributed by atoms with van der Waals surface area (Å²) in [6.07, 6.45) is 7.06. The van der Waals surface area contributed by atoms with Crippen LogP contribution in [0.15, 0.2) is 43.0 Å². The fourth-order valence-electron chi connectivity index (χ4n) is 1.93. The number of hydrogen-bond acceptors (Lipinski definition) is 4. The van der Waals surface area contributed by atoms with Crippen LogP contribution in [0.2, 0.25) is 0 Å². The molecule has 18 heavy (non-hydrogen) atoms. The zero-order chi connectivity index (χ0) is 12.8. The summed E-state index contributed by atoms with van der Waals surface area (Å²) < 4.78 is 0. The molecule has 2 aromatic heterocycles. The molecule has 0 saturated carbocycles.